The van der Waals surface area contributed by atoms with Gasteiger partial charge in [-0.05, 0) is 73.4 Å². The highest BCUT2D eigenvalue weighted by Crippen LogP contribution is 2.29. The molecule has 0 saturated carbocycles. The molecule has 7 nitrogen and oxygen atoms in total. The molecule has 228 valence electrons. The van der Waals surface area contributed by atoms with Crippen LogP contribution in [0.15, 0.2) is 97.1 Å². The normalized spacial score (nSPS) is 10.6. The molecule has 4 rings (SSSR count). The van der Waals surface area contributed by atoms with Crippen LogP contribution in [0.1, 0.15) is 64.8 Å². The highest BCUT2D eigenvalue weighted by atomic mass is 16.5. The minimum absolute atomic E-state index is 0.165. The molecular formula is C37H40N2O5. The molecule has 1 N–H and O–H groups in total. The number of nitrogens with zero attached hydrogens (tertiary/aromatic N) is 1. The summed E-state index contributed by atoms with van der Waals surface area (Å²) in [5, 5.41) is 2.96. The summed E-state index contributed by atoms with van der Waals surface area (Å²) in [5.74, 6) is 0.0751. The number of nitrogens with one attached hydrogen (secondary N) is 1. The van der Waals surface area contributed by atoms with Crippen LogP contribution in [0.4, 0.5) is 11.4 Å². The van der Waals surface area contributed by atoms with Crippen LogP contribution in [0, 0.1) is 6.92 Å². The van der Waals surface area contributed by atoms with Crippen molar-refractivity contribution >= 4 is 29.2 Å². The first kappa shape index (κ1) is 32.0. The molecule has 0 saturated heterocycles. The van der Waals surface area contributed by atoms with Gasteiger partial charge in [0.15, 0.2) is 0 Å². The number of amides is 2. The summed E-state index contributed by atoms with van der Waals surface area (Å²) < 4.78 is 10.7. The number of carbonyl (C=O) groups excluding carboxylic acids is 3. The molecule has 0 unspecified atom stereocenters. The molecule has 44 heavy (non-hydrogen) atoms. The molecule has 4 aromatic carbocycles. The lowest BCUT2D eigenvalue weighted by molar-refractivity contribution is -0.140. The van der Waals surface area contributed by atoms with E-state index >= 15 is 0 Å². The fourth-order valence-corrected chi connectivity index (χ4v) is 4.91. The maximum Gasteiger partial charge on any atom is 0.305 e. The van der Waals surface area contributed by atoms with Crippen molar-refractivity contribution in [1.29, 1.82) is 0 Å². The van der Waals surface area contributed by atoms with E-state index in [1.165, 1.54) is 7.11 Å². The third kappa shape index (κ3) is 8.80. The van der Waals surface area contributed by atoms with E-state index in [4.69, 9.17) is 4.74 Å². The number of benzene rings is 4. The molecule has 0 aliphatic carbocycles. The summed E-state index contributed by atoms with van der Waals surface area (Å²) in [5.41, 5.74) is 5.34. The summed E-state index contributed by atoms with van der Waals surface area (Å²) in [6.07, 6.45) is 5.17. The summed E-state index contributed by atoms with van der Waals surface area (Å²) in [7, 11) is 3.14. The average Bonchev–Trinajstić information content (AvgIpc) is 3.06. The van der Waals surface area contributed by atoms with Crippen LogP contribution in [-0.2, 0) is 9.53 Å². The van der Waals surface area contributed by atoms with Gasteiger partial charge in [0.1, 0.15) is 5.75 Å². The van der Waals surface area contributed by atoms with Gasteiger partial charge in [-0.15, -0.1) is 0 Å². The number of para-hydroxylation sites is 2. The van der Waals surface area contributed by atoms with Crippen LogP contribution in [0.25, 0.3) is 11.1 Å². The van der Waals surface area contributed by atoms with Gasteiger partial charge >= 0.3 is 5.97 Å². The Balaban J connectivity index is 1.33. The lowest BCUT2D eigenvalue weighted by atomic mass is 9.98. The van der Waals surface area contributed by atoms with Crippen LogP contribution in [0.5, 0.6) is 5.75 Å². The first-order chi connectivity index (χ1) is 21.4. The fourth-order valence-electron chi connectivity index (χ4n) is 4.91. The van der Waals surface area contributed by atoms with Crippen LogP contribution in [-0.4, -0.2) is 38.5 Å². The van der Waals surface area contributed by atoms with Crippen molar-refractivity contribution in [3.63, 3.8) is 0 Å². The standard InChI is InChI=1S/C37H40N2O5/c1-27-18-20-28(21-19-27)31-13-8-9-14-32(31)36(41)38-30-24-22-29(23-25-30)37(42)39(2)33-15-10-11-16-34(33)44-26-12-6-4-5-7-17-35(40)43-3/h8-11,13-16,18-25H,4-7,12,17,26H2,1-3H3,(H,38,41). The van der Waals surface area contributed by atoms with Gasteiger partial charge in [-0.3, -0.25) is 14.4 Å². The van der Waals surface area contributed by atoms with E-state index in [1.54, 1.807) is 36.2 Å². The number of esters is 1. The minimum Gasteiger partial charge on any atom is -0.491 e. The van der Waals surface area contributed by atoms with Gasteiger partial charge < -0.3 is 19.7 Å². The number of hydrogen-bond donors (Lipinski definition) is 1. The Morgan fingerprint density at radius 2 is 1.41 bits per heavy atom. The highest BCUT2D eigenvalue weighted by Gasteiger charge is 2.18. The molecule has 2 amide bonds. The summed E-state index contributed by atoms with van der Waals surface area (Å²) in [6, 6.07) is 30.0. The van der Waals surface area contributed by atoms with Crippen molar-refractivity contribution in [2.75, 3.05) is 31.0 Å². The summed E-state index contributed by atoms with van der Waals surface area (Å²) >= 11 is 0. The quantitative estimate of drug-likeness (QED) is 0.118. The minimum atomic E-state index is -0.218. The molecule has 0 radical (unpaired) electrons. The third-order valence-corrected chi connectivity index (χ3v) is 7.47. The largest absolute Gasteiger partial charge is 0.491 e. The lowest BCUT2D eigenvalue weighted by Crippen LogP contribution is -2.26. The number of ether oxygens (including phenoxy) is 2. The van der Waals surface area contributed by atoms with Crippen molar-refractivity contribution in [1.82, 2.24) is 0 Å². The zero-order chi connectivity index (χ0) is 31.3. The number of rotatable bonds is 14. The maximum atomic E-state index is 13.4. The van der Waals surface area contributed by atoms with E-state index in [9.17, 15) is 14.4 Å². The second-order valence-corrected chi connectivity index (χ2v) is 10.7. The molecule has 4 aromatic rings. The van der Waals surface area contributed by atoms with E-state index in [0.717, 1.165) is 48.8 Å². The molecule has 0 spiro atoms. The Morgan fingerprint density at radius 3 is 2.16 bits per heavy atom. The van der Waals surface area contributed by atoms with Gasteiger partial charge in [-0.1, -0.05) is 79.4 Å². The van der Waals surface area contributed by atoms with Crippen LogP contribution >= 0.6 is 0 Å². The highest BCUT2D eigenvalue weighted by molar-refractivity contribution is 6.09. The van der Waals surface area contributed by atoms with Gasteiger partial charge in [0.25, 0.3) is 11.8 Å². The van der Waals surface area contributed by atoms with Gasteiger partial charge in [0.2, 0.25) is 0 Å². The molecule has 7 heteroatoms. The molecule has 0 fully saturated rings. The number of hydrogen-bond acceptors (Lipinski definition) is 5. The molecule has 0 aliphatic rings. The van der Waals surface area contributed by atoms with E-state index in [1.807, 2.05) is 79.7 Å². The number of carbonyl (C=O) groups is 3. The second-order valence-electron chi connectivity index (χ2n) is 10.7. The predicted octanol–water partition coefficient (Wildman–Crippen LogP) is 8.08. The monoisotopic (exact) mass is 592 g/mol. The Labute approximate surface area is 259 Å². The summed E-state index contributed by atoms with van der Waals surface area (Å²) in [6.45, 7) is 2.57. The van der Waals surface area contributed by atoms with E-state index in [-0.39, 0.29) is 17.8 Å². The maximum absolute atomic E-state index is 13.4. The van der Waals surface area contributed by atoms with Gasteiger partial charge in [-0.2, -0.15) is 0 Å². The first-order valence-corrected chi connectivity index (χ1v) is 15.0. The molecule has 0 heterocycles. The smallest absolute Gasteiger partial charge is 0.305 e. The van der Waals surface area contributed by atoms with Crippen molar-refractivity contribution < 1.29 is 23.9 Å². The molecule has 0 aliphatic heterocycles. The zero-order valence-corrected chi connectivity index (χ0v) is 25.7. The van der Waals surface area contributed by atoms with E-state index in [0.29, 0.717) is 41.3 Å². The second kappa shape index (κ2) is 16.1. The first-order valence-electron chi connectivity index (χ1n) is 15.0. The van der Waals surface area contributed by atoms with Gasteiger partial charge in [-0.25, -0.2) is 0 Å². The SMILES string of the molecule is COC(=O)CCCCCCCOc1ccccc1N(C)C(=O)c1ccc(NC(=O)c2ccccc2-c2ccc(C)cc2)cc1. The van der Waals surface area contributed by atoms with Crippen molar-refractivity contribution in [2.24, 2.45) is 0 Å². The lowest BCUT2D eigenvalue weighted by Gasteiger charge is -2.21. The van der Waals surface area contributed by atoms with Crippen LogP contribution < -0.4 is 15.0 Å². The Morgan fingerprint density at radius 1 is 0.750 bits per heavy atom. The number of methoxy groups -OCH3 is 1. The van der Waals surface area contributed by atoms with Crippen molar-refractivity contribution in [3.8, 4) is 16.9 Å². The van der Waals surface area contributed by atoms with Crippen LogP contribution in [0.3, 0.4) is 0 Å². The van der Waals surface area contributed by atoms with Crippen molar-refractivity contribution in [2.45, 2.75) is 45.4 Å². The number of anilines is 2. The third-order valence-electron chi connectivity index (χ3n) is 7.47. The van der Waals surface area contributed by atoms with E-state index < -0.39 is 0 Å². The Bertz CT molecular complexity index is 1550. The topological polar surface area (TPSA) is 84.9 Å². The average molecular weight is 593 g/mol. The Hall–Kier alpha value is -4.91. The molecule has 0 aromatic heterocycles. The van der Waals surface area contributed by atoms with Crippen molar-refractivity contribution in [3.05, 3.63) is 114 Å². The Kier molecular flexibility index (Phi) is 11.7. The number of aryl methyl sites for hydroxylation is 1. The molecular weight excluding hydrogens is 552 g/mol. The molecule has 0 atom stereocenters. The van der Waals surface area contributed by atoms with E-state index in [2.05, 4.69) is 10.1 Å². The zero-order valence-electron chi connectivity index (χ0n) is 25.7. The molecule has 0 bridgehead atoms. The van der Waals surface area contributed by atoms with Gasteiger partial charge in [0.05, 0.1) is 19.4 Å². The number of unbranched alkanes of at least 4 members (excludes halogenated alkanes) is 4. The predicted molar refractivity (Wildman–Crippen MR) is 175 cm³/mol. The van der Waals surface area contributed by atoms with Gasteiger partial charge in [0, 0.05) is 30.3 Å². The summed E-state index contributed by atoms with van der Waals surface area (Å²) in [4.78, 5) is 39.4. The van der Waals surface area contributed by atoms with Crippen LogP contribution in [0.2, 0.25) is 0 Å². The fraction of sp³-hybridized carbons (Fsp3) is 0.270.